The molecule has 3 atom stereocenters. The van der Waals surface area contributed by atoms with Gasteiger partial charge in [0.1, 0.15) is 5.75 Å². The molecular weight excluding hydrogens is 264 g/mol. The van der Waals surface area contributed by atoms with Crippen LogP contribution in [0.1, 0.15) is 31.9 Å². The van der Waals surface area contributed by atoms with Crippen LogP contribution in [0.15, 0.2) is 24.3 Å². The molecule has 4 nitrogen and oxygen atoms in total. The van der Waals surface area contributed by atoms with E-state index >= 15 is 0 Å². The Morgan fingerprint density at radius 1 is 1.43 bits per heavy atom. The molecule has 4 heteroatoms. The fourth-order valence-electron chi connectivity index (χ4n) is 3.12. The van der Waals surface area contributed by atoms with E-state index in [9.17, 15) is 0 Å². The van der Waals surface area contributed by atoms with Crippen LogP contribution in [0.2, 0.25) is 0 Å². The van der Waals surface area contributed by atoms with Crippen LogP contribution in [-0.4, -0.2) is 44.4 Å². The van der Waals surface area contributed by atoms with Crippen molar-refractivity contribution in [3.8, 4) is 5.75 Å². The highest BCUT2D eigenvalue weighted by atomic mass is 16.5. The molecule has 2 N–H and O–H groups in total. The van der Waals surface area contributed by atoms with Crippen LogP contribution < -0.4 is 10.5 Å². The summed E-state index contributed by atoms with van der Waals surface area (Å²) in [5.74, 6) is 1.53. The summed E-state index contributed by atoms with van der Waals surface area (Å²) in [5.41, 5.74) is 7.29. The van der Waals surface area contributed by atoms with Gasteiger partial charge < -0.3 is 15.2 Å². The van der Waals surface area contributed by atoms with Crippen LogP contribution in [-0.2, 0) is 4.74 Å². The fraction of sp³-hybridized carbons (Fsp3) is 0.647. The lowest BCUT2D eigenvalue weighted by atomic mass is 9.93. The Morgan fingerprint density at radius 3 is 2.90 bits per heavy atom. The molecule has 1 aliphatic heterocycles. The Kier molecular flexibility index (Phi) is 6.03. The minimum absolute atomic E-state index is 0.232. The van der Waals surface area contributed by atoms with Crippen molar-refractivity contribution in [1.29, 1.82) is 0 Å². The Balaban J connectivity index is 2.13. The topological polar surface area (TPSA) is 47.7 Å². The third-order valence-corrected chi connectivity index (χ3v) is 4.44. The van der Waals surface area contributed by atoms with Crippen molar-refractivity contribution in [3.63, 3.8) is 0 Å². The van der Waals surface area contributed by atoms with Crippen molar-refractivity contribution >= 4 is 0 Å². The van der Waals surface area contributed by atoms with E-state index in [0.29, 0.717) is 25.2 Å². The maximum atomic E-state index is 6.06. The van der Waals surface area contributed by atoms with E-state index in [0.717, 1.165) is 25.3 Å². The second-order valence-electron chi connectivity index (χ2n) is 5.79. The fourth-order valence-corrected chi connectivity index (χ4v) is 3.12. The van der Waals surface area contributed by atoms with Crippen LogP contribution in [0.4, 0.5) is 0 Å². The van der Waals surface area contributed by atoms with E-state index < -0.39 is 0 Å². The van der Waals surface area contributed by atoms with Gasteiger partial charge in [0.2, 0.25) is 0 Å². The molecule has 1 heterocycles. The number of methoxy groups -OCH3 is 1. The Morgan fingerprint density at radius 2 is 2.24 bits per heavy atom. The highest BCUT2D eigenvalue weighted by Gasteiger charge is 2.30. The summed E-state index contributed by atoms with van der Waals surface area (Å²) in [6.45, 7) is 7.57. The van der Waals surface area contributed by atoms with Crippen LogP contribution >= 0.6 is 0 Å². The van der Waals surface area contributed by atoms with Crippen molar-refractivity contribution in [1.82, 2.24) is 4.90 Å². The number of hydrogen-bond donors (Lipinski definition) is 1. The molecule has 0 spiro atoms. The molecule has 1 aliphatic rings. The maximum Gasteiger partial charge on any atom is 0.119 e. The van der Waals surface area contributed by atoms with Crippen molar-refractivity contribution in [2.24, 2.45) is 11.7 Å². The molecule has 0 saturated carbocycles. The third kappa shape index (κ3) is 3.96. The van der Waals surface area contributed by atoms with E-state index in [4.69, 9.17) is 15.2 Å². The van der Waals surface area contributed by atoms with Gasteiger partial charge in [0, 0.05) is 26.2 Å². The molecule has 0 radical (unpaired) electrons. The number of rotatable bonds is 6. The van der Waals surface area contributed by atoms with Crippen LogP contribution in [0.3, 0.4) is 0 Å². The van der Waals surface area contributed by atoms with E-state index in [1.807, 2.05) is 19.1 Å². The van der Waals surface area contributed by atoms with Crippen LogP contribution in [0, 0.1) is 5.92 Å². The zero-order valence-corrected chi connectivity index (χ0v) is 13.4. The van der Waals surface area contributed by atoms with E-state index in [1.165, 1.54) is 5.56 Å². The first kappa shape index (κ1) is 16.3. The number of ether oxygens (including phenoxy) is 2. The van der Waals surface area contributed by atoms with E-state index in [2.05, 4.69) is 24.0 Å². The Bertz CT molecular complexity index is 439. The summed E-state index contributed by atoms with van der Waals surface area (Å²) in [6.07, 6.45) is 1.45. The van der Waals surface area contributed by atoms with Gasteiger partial charge in [-0.3, -0.25) is 4.90 Å². The second-order valence-corrected chi connectivity index (χ2v) is 5.79. The van der Waals surface area contributed by atoms with E-state index in [1.54, 1.807) is 7.11 Å². The van der Waals surface area contributed by atoms with Gasteiger partial charge >= 0.3 is 0 Å². The van der Waals surface area contributed by atoms with Gasteiger partial charge in [-0.15, -0.1) is 0 Å². The molecule has 1 fully saturated rings. The van der Waals surface area contributed by atoms with Gasteiger partial charge in [-0.1, -0.05) is 19.1 Å². The Hall–Kier alpha value is -1.10. The van der Waals surface area contributed by atoms with E-state index in [-0.39, 0.29) is 6.04 Å². The van der Waals surface area contributed by atoms with Crippen molar-refractivity contribution < 1.29 is 9.47 Å². The molecule has 1 saturated heterocycles. The summed E-state index contributed by atoms with van der Waals surface area (Å²) < 4.78 is 11.2. The molecule has 0 amide bonds. The molecular formula is C17H28N2O2. The predicted octanol–water partition coefficient (Wildman–Crippen LogP) is 2.44. The lowest BCUT2D eigenvalue weighted by molar-refractivity contribution is -0.0183. The quantitative estimate of drug-likeness (QED) is 0.875. The van der Waals surface area contributed by atoms with Gasteiger partial charge in [0.05, 0.1) is 12.7 Å². The molecule has 0 bridgehead atoms. The Labute approximate surface area is 128 Å². The normalized spacial score (nSPS) is 24.8. The number of piperidine rings is 1. The van der Waals surface area contributed by atoms with Gasteiger partial charge in [0.15, 0.2) is 0 Å². The average Bonchev–Trinajstić information content (AvgIpc) is 2.50. The van der Waals surface area contributed by atoms with Crippen molar-refractivity contribution in [2.45, 2.75) is 32.4 Å². The minimum Gasteiger partial charge on any atom is -0.494 e. The summed E-state index contributed by atoms with van der Waals surface area (Å²) in [6, 6.07) is 8.52. The zero-order chi connectivity index (χ0) is 15.2. The summed E-state index contributed by atoms with van der Waals surface area (Å²) in [7, 11) is 1.80. The molecule has 1 aromatic carbocycles. The molecule has 3 unspecified atom stereocenters. The first-order valence-electron chi connectivity index (χ1n) is 7.89. The highest BCUT2D eigenvalue weighted by Crippen LogP contribution is 2.29. The first-order valence-corrected chi connectivity index (χ1v) is 7.89. The van der Waals surface area contributed by atoms with Gasteiger partial charge in [-0.05, 0) is 43.5 Å². The van der Waals surface area contributed by atoms with Gasteiger partial charge in [0.25, 0.3) is 0 Å². The monoisotopic (exact) mass is 292 g/mol. The summed E-state index contributed by atoms with van der Waals surface area (Å²) in [4.78, 5) is 2.44. The van der Waals surface area contributed by atoms with Gasteiger partial charge in [-0.2, -0.15) is 0 Å². The second kappa shape index (κ2) is 7.78. The smallest absolute Gasteiger partial charge is 0.119 e. The third-order valence-electron chi connectivity index (χ3n) is 4.44. The minimum atomic E-state index is 0.232. The number of likely N-dealkylation sites (tertiary alicyclic amines) is 1. The molecule has 1 aromatic rings. The van der Waals surface area contributed by atoms with Crippen molar-refractivity contribution in [2.75, 3.05) is 33.4 Å². The lowest BCUT2D eigenvalue weighted by Crippen LogP contribution is -2.47. The maximum absolute atomic E-state index is 6.06. The number of nitrogens with zero attached hydrogens (tertiary/aromatic N) is 1. The molecule has 0 aromatic heterocycles. The predicted molar refractivity (Wildman–Crippen MR) is 85.6 cm³/mol. The zero-order valence-electron chi connectivity index (χ0n) is 13.4. The van der Waals surface area contributed by atoms with Crippen molar-refractivity contribution in [3.05, 3.63) is 29.8 Å². The standard InChI is InChI=1S/C17H28N2O2/c1-4-21-15-7-5-6-14(10-15)16(11-18)19-9-8-13(2)17(12-19)20-3/h5-7,10,13,16-17H,4,8-9,11-12,18H2,1-3H3. The average molecular weight is 292 g/mol. The number of hydrogen-bond acceptors (Lipinski definition) is 4. The molecule has 2 rings (SSSR count). The lowest BCUT2D eigenvalue weighted by Gasteiger charge is -2.40. The molecule has 118 valence electrons. The molecule has 0 aliphatic carbocycles. The highest BCUT2D eigenvalue weighted by molar-refractivity contribution is 5.31. The largest absolute Gasteiger partial charge is 0.494 e. The summed E-state index contributed by atoms with van der Waals surface area (Å²) in [5, 5.41) is 0. The number of nitrogens with two attached hydrogens (primary N) is 1. The SMILES string of the molecule is CCOc1cccc(C(CN)N2CCC(C)C(OC)C2)c1. The summed E-state index contributed by atoms with van der Waals surface area (Å²) >= 11 is 0. The molecule has 21 heavy (non-hydrogen) atoms. The van der Waals surface area contributed by atoms with Crippen LogP contribution in [0.25, 0.3) is 0 Å². The number of benzene rings is 1. The van der Waals surface area contributed by atoms with Gasteiger partial charge in [-0.25, -0.2) is 0 Å². The first-order chi connectivity index (χ1) is 10.2. The van der Waals surface area contributed by atoms with Crippen LogP contribution in [0.5, 0.6) is 5.75 Å².